The van der Waals surface area contributed by atoms with E-state index in [1.807, 2.05) is 0 Å². The molecule has 126 valence electrons. The minimum absolute atomic E-state index is 0.0617. The van der Waals surface area contributed by atoms with Gasteiger partial charge in [0, 0.05) is 20.0 Å². The monoisotopic (exact) mass is 360 g/mol. The summed E-state index contributed by atoms with van der Waals surface area (Å²) in [6.07, 6.45) is 1.66. The summed E-state index contributed by atoms with van der Waals surface area (Å²) in [5.74, 6) is -1.19. The number of anilines is 1. The molecule has 0 aliphatic carbocycles. The topological polar surface area (TPSA) is 92.8 Å². The zero-order valence-corrected chi connectivity index (χ0v) is 14.1. The number of ether oxygens (including phenoxy) is 1. The minimum Gasteiger partial charge on any atom is -0.456 e. The number of hydrogen-bond acceptors (Lipinski definition) is 5. The molecule has 1 aromatic rings. The SMILES string of the molecule is CC(=O)OCC(=O)Nc1cc(S(=O)(=O)N2CCCC2)ccc1Cl. The number of nitrogens with zero attached hydrogens (tertiary/aromatic N) is 1. The van der Waals surface area contributed by atoms with Crippen molar-refractivity contribution in [3.63, 3.8) is 0 Å². The maximum Gasteiger partial charge on any atom is 0.303 e. The van der Waals surface area contributed by atoms with Crippen molar-refractivity contribution in [3.8, 4) is 0 Å². The van der Waals surface area contributed by atoms with Crippen LogP contribution in [0.15, 0.2) is 23.1 Å². The summed E-state index contributed by atoms with van der Waals surface area (Å²) >= 11 is 5.98. The molecule has 0 saturated carbocycles. The van der Waals surface area contributed by atoms with Crippen molar-refractivity contribution in [1.82, 2.24) is 4.31 Å². The average molecular weight is 361 g/mol. The van der Waals surface area contributed by atoms with Crippen LogP contribution < -0.4 is 5.32 Å². The summed E-state index contributed by atoms with van der Waals surface area (Å²) in [5, 5.41) is 2.63. The van der Waals surface area contributed by atoms with Gasteiger partial charge in [0.25, 0.3) is 5.91 Å². The maximum atomic E-state index is 12.5. The molecule has 1 aliphatic rings. The largest absolute Gasteiger partial charge is 0.456 e. The van der Waals surface area contributed by atoms with Gasteiger partial charge in [0.1, 0.15) is 0 Å². The number of halogens is 1. The molecule has 1 saturated heterocycles. The molecule has 1 amide bonds. The molecule has 0 radical (unpaired) electrons. The van der Waals surface area contributed by atoms with E-state index in [-0.39, 0.29) is 15.6 Å². The maximum absolute atomic E-state index is 12.5. The number of sulfonamides is 1. The van der Waals surface area contributed by atoms with E-state index in [0.29, 0.717) is 13.1 Å². The van der Waals surface area contributed by atoms with Gasteiger partial charge in [0.15, 0.2) is 6.61 Å². The van der Waals surface area contributed by atoms with Crippen molar-refractivity contribution in [3.05, 3.63) is 23.2 Å². The molecular formula is C14H17ClN2O5S. The Labute approximate surface area is 139 Å². The summed E-state index contributed by atoms with van der Waals surface area (Å²) in [6.45, 7) is 1.69. The van der Waals surface area contributed by atoms with E-state index >= 15 is 0 Å². The minimum atomic E-state index is -3.60. The highest BCUT2D eigenvalue weighted by atomic mass is 35.5. The molecule has 1 aliphatic heterocycles. The smallest absolute Gasteiger partial charge is 0.303 e. The molecule has 1 aromatic carbocycles. The van der Waals surface area contributed by atoms with Crippen LogP contribution in [0.5, 0.6) is 0 Å². The van der Waals surface area contributed by atoms with Crippen molar-refractivity contribution in [1.29, 1.82) is 0 Å². The van der Waals surface area contributed by atoms with Crippen molar-refractivity contribution in [2.45, 2.75) is 24.7 Å². The Balaban J connectivity index is 2.18. The number of rotatable bonds is 5. The van der Waals surface area contributed by atoms with Crippen molar-refractivity contribution >= 4 is 39.2 Å². The molecule has 0 atom stereocenters. The van der Waals surface area contributed by atoms with E-state index < -0.39 is 28.5 Å². The summed E-state index contributed by atoms with van der Waals surface area (Å²) in [5.41, 5.74) is 0.157. The van der Waals surface area contributed by atoms with E-state index in [1.54, 1.807) is 0 Å². The van der Waals surface area contributed by atoms with Crippen LogP contribution in [-0.4, -0.2) is 44.3 Å². The molecule has 0 unspecified atom stereocenters. The Bertz CT molecular complexity index is 714. The van der Waals surface area contributed by atoms with Crippen LogP contribution >= 0.6 is 11.6 Å². The summed E-state index contributed by atoms with van der Waals surface area (Å²) < 4.78 is 31.0. The number of esters is 1. The summed E-state index contributed by atoms with van der Waals surface area (Å²) in [4.78, 5) is 22.4. The lowest BCUT2D eigenvalue weighted by Crippen LogP contribution is -2.28. The predicted molar refractivity (Wildman–Crippen MR) is 84.7 cm³/mol. The molecule has 2 rings (SSSR count). The first kappa shape index (κ1) is 17.7. The Kier molecular flexibility index (Phi) is 5.61. The van der Waals surface area contributed by atoms with Crippen LogP contribution in [0.3, 0.4) is 0 Å². The van der Waals surface area contributed by atoms with Gasteiger partial charge in [0.05, 0.1) is 15.6 Å². The number of carbonyl (C=O) groups excluding carboxylic acids is 2. The normalized spacial score (nSPS) is 15.4. The van der Waals surface area contributed by atoms with Gasteiger partial charge in [-0.1, -0.05) is 11.6 Å². The standard InChI is InChI=1S/C14H17ClN2O5S/c1-10(18)22-9-14(19)16-13-8-11(4-5-12(13)15)23(20,21)17-6-2-3-7-17/h4-5,8H,2-3,6-7,9H2,1H3,(H,16,19). The third-order valence-corrected chi connectivity index (χ3v) is 5.55. The van der Waals surface area contributed by atoms with Crippen molar-refractivity contribution in [2.24, 2.45) is 0 Å². The summed E-state index contributed by atoms with van der Waals surface area (Å²) in [7, 11) is -3.60. The molecule has 9 heteroatoms. The van der Waals surface area contributed by atoms with Gasteiger partial charge in [-0.25, -0.2) is 8.42 Å². The lowest BCUT2D eigenvalue weighted by molar-refractivity contribution is -0.144. The molecule has 1 N–H and O–H groups in total. The van der Waals surface area contributed by atoms with Crippen LogP contribution in [-0.2, 0) is 24.3 Å². The number of nitrogens with one attached hydrogen (secondary N) is 1. The highest BCUT2D eigenvalue weighted by Crippen LogP contribution is 2.28. The number of hydrogen-bond donors (Lipinski definition) is 1. The van der Waals surface area contributed by atoms with Crippen LogP contribution in [0.1, 0.15) is 19.8 Å². The molecule has 0 spiro atoms. The van der Waals surface area contributed by atoms with Gasteiger partial charge in [-0.15, -0.1) is 0 Å². The second kappa shape index (κ2) is 7.29. The first-order valence-corrected chi connectivity index (χ1v) is 8.85. The van der Waals surface area contributed by atoms with E-state index in [2.05, 4.69) is 10.1 Å². The average Bonchev–Trinajstić information content (AvgIpc) is 3.02. The fourth-order valence-electron chi connectivity index (χ4n) is 2.19. The zero-order chi connectivity index (χ0) is 17.0. The molecule has 23 heavy (non-hydrogen) atoms. The molecule has 0 aromatic heterocycles. The van der Waals surface area contributed by atoms with Crippen molar-refractivity contribution in [2.75, 3.05) is 25.0 Å². The lowest BCUT2D eigenvalue weighted by atomic mass is 10.3. The third kappa shape index (κ3) is 4.43. The van der Waals surface area contributed by atoms with Crippen molar-refractivity contribution < 1.29 is 22.7 Å². The van der Waals surface area contributed by atoms with Gasteiger partial charge >= 0.3 is 5.97 Å². The third-order valence-electron chi connectivity index (χ3n) is 3.32. The first-order chi connectivity index (χ1) is 10.8. The zero-order valence-electron chi connectivity index (χ0n) is 12.5. The van der Waals surface area contributed by atoms with Gasteiger partial charge in [-0.3, -0.25) is 9.59 Å². The van der Waals surface area contributed by atoms with Crippen LogP contribution in [0, 0.1) is 0 Å². The van der Waals surface area contributed by atoms with Gasteiger partial charge < -0.3 is 10.1 Å². The van der Waals surface area contributed by atoms with E-state index in [1.165, 1.54) is 29.4 Å². The van der Waals surface area contributed by atoms with E-state index in [0.717, 1.165) is 12.8 Å². The predicted octanol–water partition coefficient (Wildman–Crippen LogP) is 1.63. The highest BCUT2D eigenvalue weighted by Gasteiger charge is 2.27. The van der Waals surface area contributed by atoms with Crippen LogP contribution in [0.25, 0.3) is 0 Å². The molecule has 0 bridgehead atoms. The molecule has 1 fully saturated rings. The Morgan fingerprint density at radius 3 is 2.57 bits per heavy atom. The highest BCUT2D eigenvalue weighted by molar-refractivity contribution is 7.89. The lowest BCUT2D eigenvalue weighted by Gasteiger charge is -2.16. The Morgan fingerprint density at radius 2 is 1.96 bits per heavy atom. The number of amides is 1. The van der Waals surface area contributed by atoms with E-state index in [9.17, 15) is 18.0 Å². The van der Waals surface area contributed by atoms with Gasteiger partial charge in [-0.05, 0) is 31.0 Å². The quantitative estimate of drug-likeness (QED) is 0.805. The molecule has 1 heterocycles. The first-order valence-electron chi connectivity index (χ1n) is 7.03. The van der Waals surface area contributed by atoms with Gasteiger partial charge in [0.2, 0.25) is 10.0 Å². The number of benzene rings is 1. The Morgan fingerprint density at radius 1 is 1.30 bits per heavy atom. The fraction of sp³-hybridized carbons (Fsp3) is 0.429. The fourth-order valence-corrected chi connectivity index (χ4v) is 3.90. The van der Waals surface area contributed by atoms with Crippen LogP contribution in [0.2, 0.25) is 5.02 Å². The van der Waals surface area contributed by atoms with Gasteiger partial charge in [-0.2, -0.15) is 4.31 Å². The summed E-state index contributed by atoms with van der Waals surface area (Å²) in [6, 6.07) is 4.12. The second-order valence-electron chi connectivity index (χ2n) is 5.08. The Hall–Kier alpha value is -1.64. The van der Waals surface area contributed by atoms with Crippen LogP contribution in [0.4, 0.5) is 5.69 Å². The molecular weight excluding hydrogens is 344 g/mol. The molecule has 7 nitrogen and oxygen atoms in total. The van der Waals surface area contributed by atoms with E-state index in [4.69, 9.17) is 11.6 Å². The second-order valence-corrected chi connectivity index (χ2v) is 7.43. The number of carbonyl (C=O) groups is 2.